The molecule has 206 valence electrons. The quantitative estimate of drug-likeness (QED) is 0.406. The van der Waals surface area contributed by atoms with Gasteiger partial charge in [-0.15, -0.1) is 0 Å². The maximum Gasteiger partial charge on any atom is 0.308 e. The molecule has 11 heteroatoms. The maximum atomic E-state index is 13.3. The highest BCUT2D eigenvalue weighted by Crippen LogP contribution is 2.41. The molecule has 1 amide bonds. The molecule has 1 aromatic carbocycles. The summed E-state index contributed by atoms with van der Waals surface area (Å²) in [5, 5.41) is 10.4. The molecule has 3 N–H and O–H groups in total. The largest absolute Gasteiger partial charge is 0.493 e. The highest BCUT2D eigenvalue weighted by molar-refractivity contribution is 7.89. The Kier molecular flexibility index (Phi) is 9.10. The lowest BCUT2D eigenvalue weighted by Gasteiger charge is -2.30. The lowest BCUT2D eigenvalue weighted by molar-refractivity contribution is -0.143. The first kappa shape index (κ1) is 27.8. The normalized spacial score (nSPS) is 25.2. The summed E-state index contributed by atoms with van der Waals surface area (Å²) in [6.07, 6.45) is 3.57. The number of benzene rings is 1. The SMILES string of the molecule is CCCCN(CCN)C(=O)CN1CC(c2ccc3c(c2)CCO3)C(C(=O)O)C1CCN1CCCS1(=O)=O. The van der Waals surface area contributed by atoms with E-state index in [0.29, 0.717) is 52.2 Å². The fourth-order valence-electron chi connectivity index (χ4n) is 5.99. The Bertz CT molecular complexity index is 1080. The molecule has 3 aliphatic heterocycles. The first-order valence-electron chi connectivity index (χ1n) is 13.4. The summed E-state index contributed by atoms with van der Waals surface area (Å²) in [6.45, 7) is 5.36. The van der Waals surface area contributed by atoms with Crippen LogP contribution in [-0.4, -0.2) is 104 Å². The molecule has 0 aromatic heterocycles. The van der Waals surface area contributed by atoms with Gasteiger partial charge in [-0.2, -0.15) is 0 Å². The standard InChI is InChI=1S/C26H40N4O6S/c1-2-3-10-28(13-9-27)24(31)18-29-17-21(19-5-6-23-20(16-19)8-14-36-23)25(26(32)33)22(29)7-12-30-11-4-15-37(30,34)35/h5-6,16,21-22,25H,2-4,7-15,17-18,27H2,1H3,(H,32,33). The van der Waals surface area contributed by atoms with Gasteiger partial charge in [0.05, 0.1) is 24.8 Å². The maximum absolute atomic E-state index is 13.3. The van der Waals surface area contributed by atoms with Gasteiger partial charge in [0, 0.05) is 57.6 Å². The van der Waals surface area contributed by atoms with Crippen LogP contribution in [0.3, 0.4) is 0 Å². The Labute approximate surface area is 219 Å². The Balaban J connectivity index is 1.59. The third-order valence-corrected chi connectivity index (χ3v) is 9.88. The second-order valence-corrected chi connectivity index (χ2v) is 12.4. The van der Waals surface area contributed by atoms with Crippen LogP contribution in [0.15, 0.2) is 18.2 Å². The van der Waals surface area contributed by atoms with Gasteiger partial charge in [-0.1, -0.05) is 25.5 Å². The summed E-state index contributed by atoms with van der Waals surface area (Å²) in [7, 11) is -3.30. The number of nitrogens with two attached hydrogens (primary N) is 1. The van der Waals surface area contributed by atoms with E-state index in [1.54, 1.807) is 4.90 Å². The smallest absolute Gasteiger partial charge is 0.308 e. The molecule has 0 aliphatic carbocycles. The monoisotopic (exact) mass is 536 g/mol. The number of nitrogens with zero attached hydrogens (tertiary/aromatic N) is 3. The summed E-state index contributed by atoms with van der Waals surface area (Å²) in [6, 6.07) is 5.42. The molecule has 0 bridgehead atoms. The van der Waals surface area contributed by atoms with Crippen LogP contribution in [0.1, 0.15) is 49.7 Å². The van der Waals surface area contributed by atoms with Gasteiger partial charge < -0.3 is 20.5 Å². The minimum absolute atomic E-state index is 0.0650. The molecule has 0 spiro atoms. The van der Waals surface area contributed by atoms with Gasteiger partial charge in [0.25, 0.3) is 0 Å². The lowest BCUT2D eigenvalue weighted by atomic mass is 9.83. The third-order valence-electron chi connectivity index (χ3n) is 7.92. The number of hydrogen-bond donors (Lipinski definition) is 2. The number of amides is 1. The fraction of sp³-hybridized carbons (Fsp3) is 0.692. The Hall–Kier alpha value is -2.21. The van der Waals surface area contributed by atoms with Crippen molar-refractivity contribution in [2.24, 2.45) is 11.7 Å². The lowest BCUT2D eigenvalue weighted by Crippen LogP contribution is -2.46. The van der Waals surface area contributed by atoms with Gasteiger partial charge in [0.2, 0.25) is 15.9 Å². The van der Waals surface area contributed by atoms with Crippen LogP contribution in [-0.2, 0) is 26.0 Å². The summed E-state index contributed by atoms with van der Waals surface area (Å²) < 4.78 is 31.9. The number of likely N-dealkylation sites (tertiary alicyclic amines) is 1. The predicted octanol–water partition coefficient (Wildman–Crippen LogP) is 1.10. The van der Waals surface area contributed by atoms with Crippen molar-refractivity contribution in [1.29, 1.82) is 0 Å². The molecule has 2 fully saturated rings. The number of ether oxygens (including phenoxy) is 1. The van der Waals surface area contributed by atoms with E-state index in [4.69, 9.17) is 10.5 Å². The molecule has 1 aromatic rings. The van der Waals surface area contributed by atoms with E-state index in [1.165, 1.54) is 4.31 Å². The first-order chi connectivity index (χ1) is 17.7. The zero-order chi connectivity index (χ0) is 26.6. The van der Waals surface area contributed by atoms with Gasteiger partial charge in [-0.25, -0.2) is 12.7 Å². The third kappa shape index (κ3) is 6.27. The van der Waals surface area contributed by atoms with Crippen LogP contribution < -0.4 is 10.5 Å². The number of aliphatic carboxylic acids is 1. The minimum Gasteiger partial charge on any atom is -0.493 e. The molecule has 3 unspecified atom stereocenters. The van der Waals surface area contributed by atoms with Gasteiger partial charge in [0.15, 0.2) is 0 Å². The predicted molar refractivity (Wildman–Crippen MR) is 140 cm³/mol. The highest BCUT2D eigenvalue weighted by Gasteiger charge is 2.47. The van der Waals surface area contributed by atoms with Crippen LogP contribution in [0.5, 0.6) is 5.75 Å². The van der Waals surface area contributed by atoms with E-state index in [-0.39, 0.29) is 30.7 Å². The van der Waals surface area contributed by atoms with Crippen LogP contribution in [0.4, 0.5) is 0 Å². The highest BCUT2D eigenvalue weighted by atomic mass is 32.2. The van der Waals surface area contributed by atoms with E-state index < -0.39 is 28.0 Å². The summed E-state index contributed by atoms with van der Waals surface area (Å²) in [4.78, 5) is 29.7. The molecule has 2 saturated heterocycles. The number of hydrogen-bond acceptors (Lipinski definition) is 7. The molecule has 37 heavy (non-hydrogen) atoms. The molecule has 4 rings (SSSR count). The van der Waals surface area contributed by atoms with Crippen molar-refractivity contribution >= 4 is 21.9 Å². The van der Waals surface area contributed by atoms with E-state index in [1.807, 2.05) is 23.1 Å². The average Bonchev–Trinajstić information content (AvgIpc) is 3.56. The van der Waals surface area contributed by atoms with E-state index in [0.717, 1.165) is 36.1 Å². The van der Waals surface area contributed by atoms with Crippen LogP contribution >= 0.6 is 0 Å². The molecule has 3 heterocycles. The molecule has 3 aliphatic rings. The van der Waals surface area contributed by atoms with Gasteiger partial charge in [-0.3, -0.25) is 14.5 Å². The number of carbonyl (C=O) groups excluding carboxylic acids is 1. The zero-order valence-corrected chi connectivity index (χ0v) is 22.5. The summed E-state index contributed by atoms with van der Waals surface area (Å²) in [5.74, 6) is -1.08. The number of carboxylic acids is 1. The zero-order valence-electron chi connectivity index (χ0n) is 21.7. The average molecular weight is 537 g/mol. The Morgan fingerprint density at radius 3 is 2.76 bits per heavy atom. The topological polar surface area (TPSA) is 133 Å². The van der Waals surface area contributed by atoms with E-state index in [2.05, 4.69) is 6.92 Å². The first-order valence-corrected chi connectivity index (χ1v) is 15.0. The van der Waals surface area contributed by atoms with Crippen molar-refractivity contribution in [2.45, 2.75) is 51.0 Å². The number of carbonyl (C=O) groups is 2. The second-order valence-electron chi connectivity index (χ2n) is 10.3. The number of unbranched alkanes of at least 4 members (excludes halogenated alkanes) is 1. The van der Waals surface area contributed by atoms with Crippen molar-refractivity contribution < 1.29 is 27.9 Å². The van der Waals surface area contributed by atoms with Crippen molar-refractivity contribution in [1.82, 2.24) is 14.1 Å². The Morgan fingerprint density at radius 1 is 1.27 bits per heavy atom. The molecule has 0 saturated carbocycles. The summed E-state index contributed by atoms with van der Waals surface area (Å²) in [5.41, 5.74) is 7.76. The molecule has 10 nitrogen and oxygen atoms in total. The Morgan fingerprint density at radius 2 is 2.08 bits per heavy atom. The van der Waals surface area contributed by atoms with Crippen molar-refractivity contribution in [3.05, 3.63) is 29.3 Å². The van der Waals surface area contributed by atoms with Crippen LogP contribution in [0.25, 0.3) is 0 Å². The van der Waals surface area contributed by atoms with Gasteiger partial charge in [-0.05, 0) is 36.5 Å². The van der Waals surface area contributed by atoms with Crippen molar-refractivity contribution in [3.63, 3.8) is 0 Å². The molecular formula is C26H40N4O6S. The second kappa shape index (κ2) is 12.1. The van der Waals surface area contributed by atoms with E-state index in [9.17, 15) is 23.1 Å². The molecule has 0 radical (unpaired) electrons. The van der Waals surface area contributed by atoms with E-state index >= 15 is 0 Å². The number of fused-ring (bicyclic) bond motifs is 1. The van der Waals surface area contributed by atoms with Crippen LogP contribution in [0, 0.1) is 5.92 Å². The van der Waals surface area contributed by atoms with Crippen molar-refractivity contribution in [2.75, 3.05) is 58.2 Å². The van der Waals surface area contributed by atoms with Gasteiger partial charge >= 0.3 is 5.97 Å². The molecule has 3 atom stereocenters. The summed E-state index contributed by atoms with van der Waals surface area (Å²) >= 11 is 0. The fourth-order valence-corrected chi connectivity index (χ4v) is 7.53. The number of carboxylic acid groups (broad SMARTS) is 1. The molecular weight excluding hydrogens is 496 g/mol. The number of rotatable bonds is 12. The minimum atomic E-state index is -3.30. The van der Waals surface area contributed by atoms with Crippen LogP contribution in [0.2, 0.25) is 0 Å². The number of sulfonamides is 1. The van der Waals surface area contributed by atoms with Gasteiger partial charge in [0.1, 0.15) is 5.75 Å². The van der Waals surface area contributed by atoms with Crippen molar-refractivity contribution in [3.8, 4) is 5.75 Å².